The fourth-order valence-electron chi connectivity index (χ4n) is 3.05. The molecule has 0 saturated heterocycles. The Balaban J connectivity index is 1.45. The van der Waals surface area contributed by atoms with Gasteiger partial charge in [-0.05, 0) is 23.8 Å². The predicted molar refractivity (Wildman–Crippen MR) is 109 cm³/mol. The van der Waals surface area contributed by atoms with Crippen molar-refractivity contribution >= 4 is 11.6 Å². The molecule has 0 fully saturated rings. The van der Waals surface area contributed by atoms with Crippen LogP contribution in [0, 0.1) is 0 Å². The summed E-state index contributed by atoms with van der Waals surface area (Å²) >= 11 is 0. The quantitative estimate of drug-likeness (QED) is 0.540. The number of rotatable bonds is 4. The normalized spacial score (nSPS) is 13.7. The highest BCUT2D eigenvalue weighted by Gasteiger charge is 2.11. The van der Waals surface area contributed by atoms with E-state index in [4.69, 9.17) is 9.47 Å². The molecule has 7 heteroatoms. The monoisotopic (exact) mass is 377 g/mol. The number of imidazole rings is 1. The van der Waals surface area contributed by atoms with Gasteiger partial charge in [0.05, 0.1) is 25.2 Å². The average molecular weight is 377 g/mol. The molecule has 4 rings (SSSR count). The Labute approximate surface area is 164 Å². The van der Waals surface area contributed by atoms with Gasteiger partial charge in [-0.1, -0.05) is 18.2 Å². The minimum Gasteiger partial charge on any atom is -0.490 e. The van der Waals surface area contributed by atoms with Crippen molar-refractivity contribution in [2.75, 3.05) is 25.6 Å². The molecule has 0 radical (unpaired) electrons. The van der Waals surface area contributed by atoms with Crippen molar-refractivity contribution in [3.05, 3.63) is 66.7 Å². The van der Waals surface area contributed by atoms with E-state index in [0.717, 1.165) is 34.9 Å². The zero-order valence-corrected chi connectivity index (χ0v) is 15.8. The molecule has 3 aromatic rings. The first-order valence-electron chi connectivity index (χ1n) is 9.27. The van der Waals surface area contributed by atoms with Crippen LogP contribution in [0.4, 0.5) is 5.69 Å². The second-order valence-corrected chi connectivity index (χ2v) is 6.36. The molecule has 2 N–H and O–H groups in total. The Morgan fingerprint density at radius 2 is 2.00 bits per heavy atom. The van der Waals surface area contributed by atoms with Gasteiger partial charge in [-0.15, -0.1) is 0 Å². The molecule has 0 atom stereocenters. The van der Waals surface area contributed by atoms with Gasteiger partial charge in [-0.25, -0.2) is 4.98 Å². The molecule has 0 unspecified atom stereocenters. The lowest BCUT2D eigenvalue weighted by atomic mass is 10.1. The Morgan fingerprint density at radius 1 is 1.14 bits per heavy atom. The lowest BCUT2D eigenvalue weighted by Crippen LogP contribution is -2.30. The number of hydrogen-bond donors (Lipinski definition) is 2. The topological polar surface area (TPSA) is 72.7 Å². The maximum atomic E-state index is 5.76. The van der Waals surface area contributed by atoms with Crippen molar-refractivity contribution < 1.29 is 9.47 Å². The van der Waals surface area contributed by atoms with Crippen LogP contribution in [0.2, 0.25) is 0 Å². The summed E-state index contributed by atoms with van der Waals surface area (Å²) in [6, 6.07) is 14.0. The van der Waals surface area contributed by atoms with E-state index in [1.54, 1.807) is 19.6 Å². The van der Waals surface area contributed by atoms with Crippen molar-refractivity contribution in [1.29, 1.82) is 0 Å². The highest BCUT2D eigenvalue weighted by Crippen LogP contribution is 2.32. The van der Waals surface area contributed by atoms with E-state index in [1.807, 2.05) is 41.1 Å². The summed E-state index contributed by atoms with van der Waals surface area (Å²) in [5.41, 5.74) is 3.11. The number of aliphatic imine (C=N–C) groups is 1. The molecule has 0 aliphatic carbocycles. The van der Waals surface area contributed by atoms with E-state index in [-0.39, 0.29) is 0 Å². The number of fused-ring (bicyclic) bond motifs is 1. The van der Waals surface area contributed by atoms with Gasteiger partial charge >= 0.3 is 0 Å². The Morgan fingerprint density at radius 3 is 2.82 bits per heavy atom. The summed E-state index contributed by atoms with van der Waals surface area (Å²) in [6.45, 7) is 1.96. The van der Waals surface area contributed by atoms with Crippen LogP contribution < -0.4 is 20.1 Å². The van der Waals surface area contributed by atoms with Gasteiger partial charge in [-0.3, -0.25) is 4.99 Å². The number of anilines is 1. The minimum atomic E-state index is 0.624. The third kappa shape index (κ3) is 4.09. The maximum Gasteiger partial charge on any atom is 0.195 e. The molecule has 144 valence electrons. The molecular formula is C21H23N5O2. The van der Waals surface area contributed by atoms with E-state index in [1.165, 1.54) is 0 Å². The molecular weight excluding hydrogens is 354 g/mol. The molecule has 2 aromatic carbocycles. The second kappa shape index (κ2) is 8.47. The van der Waals surface area contributed by atoms with Crippen LogP contribution >= 0.6 is 0 Å². The average Bonchev–Trinajstić information content (AvgIpc) is 3.17. The highest BCUT2D eigenvalue weighted by atomic mass is 16.5. The minimum absolute atomic E-state index is 0.624. The van der Waals surface area contributed by atoms with Gasteiger partial charge in [0, 0.05) is 44.2 Å². The zero-order valence-electron chi connectivity index (χ0n) is 15.8. The van der Waals surface area contributed by atoms with E-state index >= 15 is 0 Å². The zero-order chi connectivity index (χ0) is 19.2. The van der Waals surface area contributed by atoms with Crippen LogP contribution in [0.1, 0.15) is 12.0 Å². The first kappa shape index (κ1) is 17.9. The fraction of sp³-hybridized carbons (Fsp3) is 0.238. The number of aromatic nitrogens is 2. The summed E-state index contributed by atoms with van der Waals surface area (Å²) in [5.74, 6) is 2.21. The molecule has 1 aromatic heterocycles. The van der Waals surface area contributed by atoms with Crippen LogP contribution in [0.15, 0.2) is 66.2 Å². The highest BCUT2D eigenvalue weighted by molar-refractivity contribution is 5.93. The molecule has 1 aliphatic rings. The molecule has 1 aliphatic heterocycles. The number of hydrogen-bond acceptors (Lipinski definition) is 4. The lowest BCUT2D eigenvalue weighted by Gasteiger charge is -2.15. The second-order valence-electron chi connectivity index (χ2n) is 6.36. The predicted octanol–water partition coefficient (Wildman–Crippen LogP) is 3.22. The largest absolute Gasteiger partial charge is 0.490 e. The number of nitrogens with one attached hydrogen (secondary N) is 2. The Hall–Kier alpha value is -3.48. The summed E-state index contributed by atoms with van der Waals surface area (Å²) in [5, 5.41) is 6.67. The van der Waals surface area contributed by atoms with Crippen LogP contribution in [0.25, 0.3) is 5.69 Å². The number of guanidine groups is 1. The van der Waals surface area contributed by atoms with Crippen molar-refractivity contribution in [2.45, 2.75) is 13.0 Å². The third-order valence-corrected chi connectivity index (χ3v) is 4.45. The van der Waals surface area contributed by atoms with E-state index in [0.29, 0.717) is 25.7 Å². The first-order chi connectivity index (χ1) is 13.8. The van der Waals surface area contributed by atoms with Gasteiger partial charge < -0.3 is 24.7 Å². The molecule has 0 saturated carbocycles. The molecule has 28 heavy (non-hydrogen) atoms. The summed E-state index contributed by atoms with van der Waals surface area (Å²) in [6.07, 6.45) is 6.39. The third-order valence-electron chi connectivity index (χ3n) is 4.45. The van der Waals surface area contributed by atoms with Crippen LogP contribution in [0.5, 0.6) is 11.5 Å². The Kier molecular flexibility index (Phi) is 5.42. The van der Waals surface area contributed by atoms with Gasteiger partial charge in [0.15, 0.2) is 17.5 Å². The van der Waals surface area contributed by atoms with Crippen LogP contribution in [-0.4, -0.2) is 35.8 Å². The number of nitrogens with zero attached hydrogens (tertiary/aromatic N) is 3. The van der Waals surface area contributed by atoms with Gasteiger partial charge in [0.1, 0.15) is 0 Å². The van der Waals surface area contributed by atoms with Gasteiger partial charge in [-0.2, -0.15) is 0 Å². The SMILES string of the molecule is CN=C(NCc1ccccc1-n1ccnc1)Nc1ccc2c(c1)OCCCO2. The standard InChI is InChI=1S/C21H23N5O2/c1-22-21(25-17-7-8-19-20(13-17)28-12-4-11-27-19)24-14-16-5-2-3-6-18(16)26-10-9-23-15-26/h2-3,5-10,13,15H,4,11-12,14H2,1H3,(H2,22,24,25). The summed E-state index contributed by atoms with van der Waals surface area (Å²) in [7, 11) is 1.75. The molecule has 0 bridgehead atoms. The Bertz CT molecular complexity index is 953. The smallest absolute Gasteiger partial charge is 0.195 e. The van der Waals surface area contributed by atoms with Crippen molar-refractivity contribution in [3.8, 4) is 17.2 Å². The van der Waals surface area contributed by atoms with Gasteiger partial charge in [0.25, 0.3) is 0 Å². The van der Waals surface area contributed by atoms with Gasteiger partial charge in [0.2, 0.25) is 0 Å². The van der Waals surface area contributed by atoms with Crippen LogP contribution in [0.3, 0.4) is 0 Å². The number of benzene rings is 2. The molecule has 2 heterocycles. The first-order valence-corrected chi connectivity index (χ1v) is 9.27. The lowest BCUT2D eigenvalue weighted by molar-refractivity contribution is 0.297. The van der Waals surface area contributed by atoms with Crippen molar-refractivity contribution in [1.82, 2.24) is 14.9 Å². The summed E-state index contributed by atoms with van der Waals surface area (Å²) in [4.78, 5) is 8.46. The molecule has 0 spiro atoms. The fourth-order valence-corrected chi connectivity index (χ4v) is 3.05. The van der Waals surface area contributed by atoms with E-state index in [2.05, 4.69) is 32.7 Å². The maximum absolute atomic E-state index is 5.76. The molecule has 7 nitrogen and oxygen atoms in total. The summed E-state index contributed by atoms with van der Waals surface area (Å²) < 4.78 is 13.4. The van der Waals surface area contributed by atoms with E-state index in [9.17, 15) is 0 Å². The van der Waals surface area contributed by atoms with Crippen molar-refractivity contribution in [3.63, 3.8) is 0 Å². The number of para-hydroxylation sites is 1. The number of ether oxygens (including phenoxy) is 2. The van der Waals surface area contributed by atoms with Crippen LogP contribution in [-0.2, 0) is 6.54 Å². The van der Waals surface area contributed by atoms with E-state index < -0.39 is 0 Å². The van der Waals surface area contributed by atoms with Crippen molar-refractivity contribution in [2.24, 2.45) is 4.99 Å². The molecule has 0 amide bonds.